The molecule has 0 aliphatic heterocycles. The summed E-state index contributed by atoms with van der Waals surface area (Å²) in [5.41, 5.74) is 0.0295. The van der Waals surface area contributed by atoms with Crippen LogP contribution >= 0.6 is 0 Å². The third-order valence-electron chi connectivity index (χ3n) is 5.41. The molecule has 3 heteroatoms. The second-order valence-corrected chi connectivity index (χ2v) is 8.84. The second kappa shape index (κ2) is 6.90. The van der Waals surface area contributed by atoms with Gasteiger partial charge in [0.05, 0.1) is 17.6 Å². The summed E-state index contributed by atoms with van der Waals surface area (Å²) < 4.78 is 11.8. The smallest absolute Gasteiger partial charge is 0.309 e. The van der Waals surface area contributed by atoms with Crippen LogP contribution in [0.25, 0.3) is 0 Å². The fourth-order valence-corrected chi connectivity index (χ4v) is 3.80. The zero-order valence-electron chi connectivity index (χ0n) is 15.1. The van der Waals surface area contributed by atoms with E-state index in [9.17, 15) is 4.79 Å². The molecule has 22 heavy (non-hydrogen) atoms. The zero-order chi connectivity index (χ0) is 16.4. The van der Waals surface area contributed by atoms with Gasteiger partial charge in [-0.1, -0.05) is 26.7 Å². The predicted molar refractivity (Wildman–Crippen MR) is 88.7 cm³/mol. The third-order valence-corrected chi connectivity index (χ3v) is 5.41. The van der Waals surface area contributed by atoms with E-state index in [0.717, 1.165) is 19.3 Å². The molecular weight excluding hydrogens is 276 g/mol. The van der Waals surface area contributed by atoms with Gasteiger partial charge in [0.15, 0.2) is 0 Å². The van der Waals surface area contributed by atoms with Gasteiger partial charge in [-0.2, -0.15) is 0 Å². The van der Waals surface area contributed by atoms with Gasteiger partial charge in [0.25, 0.3) is 0 Å². The van der Waals surface area contributed by atoms with Crippen LogP contribution in [0.2, 0.25) is 0 Å². The molecule has 2 aliphatic rings. The fourth-order valence-electron chi connectivity index (χ4n) is 3.80. The van der Waals surface area contributed by atoms with Crippen LogP contribution in [0.1, 0.15) is 79.6 Å². The number of hydrogen-bond donors (Lipinski definition) is 0. The zero-order valence-corrected chi connectivity index (χ0v) is 15.1. The number of rotatable bonds is 6. The minimum absolute atomic E-state index is 0.0330. The van der Waals surface area contributed by atoms with Crippen molar-refractivity contribution in [1.82, 2.24) is 0 Å². The SMILES string of the molecule is CC(OC(C)(C)COC(=O)C1CCC1)C1CCCC(C)(C)C1. The van der Waals surface area contributed by atoms with Gasteiger partial charge in [0.2, 0.25) is 0 Å². The van der Waals surface area contributed by atoms with Crippen molar-refractivity contribution >= 4 is 5.97 Å². The van der Waals surface area contributed by atoms with Crippen molar-refractivity contribution in [2.24, 2.45) is 17.3 Å². The van der Waals surface area contributed by atoms with E-state index in [4.69, 9.17) is 9.47 Å². The lowest BCUT2D eigenvalue weighted by Gasteiger charge is -2.40. The highest BCUT2D eigenvalue weighted by molar-refractivity contribution is 5.73. The highest BCUT2D eigenvalue weighted by Gasteiger charge is 2.35. The number of carbonyl (C=O) groups is 1. The number of ether oxygens (including phenoxy) is 2. The van der Waals surface area contributed by atoms with Crippen molar-refractivity contribution in [2.75, 3.05) is 6.61 Å². The molecule has 0 radical (unpaired) electrons. The normalized spacial score (nSPS) is 27.0. The largest absolute Gasteiger partial charge is 0.462 e. The van der Waals surface area contributed by atoms with Crippen molar-refractivity contribution in [2.45, 2.75) is 91.3 Å². The number of esters is 1. The monoisotopic (exact) mass is 310 g/mol. The standard InChI is InChI=1S/C19H34O3/c1-14(16-10-7-11-18(2,3)12-16)22-19(4,5)13-21-17(20)15-8-6-9-15/h14-16H,6-13H2,1-5H3. The maximum absolute atomic E-state index is 11.9. The van der Waals surface area contributed by atoms with Crippen LogP contribution in [0, 0.1) is 17.3 Å². The lowest BCUT2D eigenvalue weighted by molar-refractivity contribution is -0.168. The van der Waals surface area contributed by atoms with Gasteiger partial charge in [0, 0.05) is 0 Å². The summed E-state index contributed by atoms with van der Waals surface area (Å²) in [6, 6.07) is 0. The van der Waals surface area contributed by atoms with Crippen LogP contribution < -0.4 is 0 Å². The first-order valence-corrected chi connectivity index (χ1v) is 9.03. The molecule has 2 fully saturated rings. The first-order valence-electron chi connectivity index (χ1n) is 9.03. The molecule has 0 amide bonds. The van der Waals surface area contributed by atoms with E-state index >= 15 is 0 Å². The second-order valence-electron chi connectivity index (χ2n) is 8.84. The summed E-state index contributed by atoms with van der Waals surface area (Å²) in [4.78, 5) is 11.9. The molecule has 0 saturated heterocycles. The molecule has 0 spiro atoms. The first kappa shape index (κ1) is 17.8. The Hall–Kier alpha value is -0.570. The average Bonchev–Trinajstić information content (AvgIpc) is 2.32. The summed E-state index contributed by atoms with van der Waals surface area (Å²) in [7, 11) is 0. The van der Waals surface area contributed by atoms with E-state index in [0.29, 0.717) is 17.9 Å². The summed E-state index contributed by atoms with van der Waals surface area (Å²) in [5.74, 6) is 0.729. The Bertz CT molecular complexity index is 382. The van der Waals surface area contributed by atoms with Gasteiger partial charge < -0.3 is 9.47 Å². The molecule has 3 nitrogen and oxygen atoms in total. The topological polar surface area (TPSA) is 35.5 Å². The predicted octanol–water partition coefficient (Wildman–Crippen LogP) is 4.73. The van der Waals surface area contributed by atoms with Crippen LogP contribution in [-0.4, -0.2) is 24.3 Å². The maximum atomic E-state index is 11.9. The maximum Gasteiger partial charge on any atom is 0.309 e. The summed E-state index contributed by atoms with van der Waals surface area (Å²) in [5, 5.41) is 0. The van der Waals surface area contributed by atoms with Crippen molar-refractivity contribution < 1.29 is 14.3 Å². The quantitative estimate of drug-likeness (QED) is 0.665. The lowest BCUT2D eigenvalue weighted by atomic mass is 9.71. The molecule has 2 rings (SSSR count). The molecule has 2 saturated carbocycles. The molecule has 0 N–H and O–H groups in total. The Kier molecular flexibility index (Phi) is 5.58. The van der Waals surface area contributed by atoms with Crippen molar-refractivity contribution in [3.63, 3.8) is 0 Å². The molecule has 128 valence electrons. The molecule has 2 atom stereocenters. The summed E-state index contributed by atoms with van der Waals surface area (Å²) in [6.45, 7) is 11.3. The van der Waals surface area contributed by atoms with Crippen LogP contribution in [0.3, 0.4) is 0 Å². The van der Waals surface area contributed by atoms with E-state index in [-0.39, 0.29) is 18.0 Å². The van der Waals surface area contributed by atoms with Gasteiger partial charge in [0.1, 0.15) is 6.61 Å². The Balaban J connectivity index is 1.78. The first-order chi connectivity index (χ1) is 10.2. The molecule has 0 bridgehead atoms. The highest BCUT2D eigenvalue weighted by Crippen LogP contribution is 2.41. The molecule has 2 unspecified atom stereocenters. The molecule has 0 aromatic heterocycles. The van der Waals surface area contributed by atoms with E-state index in [2.05, 4.69) is 20.8 Å². The van der Waals surface area contributed by atoms with E-state index in [1.165, 1.54) is 25.7 Å². The number of carbonyl (C=O) groups excluding carboxylic acids is 1. The van der Waals surface area contributed by atoms with Gasteiger partial charge in [-0.15, -0.1) is 0 Å². The molecular formula is C19H34O3. The highest BCUT2D eigenvalue weighted by atomic mass is 16.6. The van der Waals surface area contributed by atoms with Crippen molar-refractivity contribution in [1.29, 1.82) is 0 Å². The van der Waals surface area contributed by atoms with Crippen molar-refractivity contribution in [3.05, 3.63) is 0 Å². The fraction of sp³-hybridized carbons (Fsp3) is 0.947. The van der Waals surface area contributed by atoms with Crippen LogP contribution in [0.5, 0.6) is 0 Å². The Morgan fingerprint density at radius 1 is 1.23 bits per heavy atom. The van der Waals surface area contributed by atoms with Crippen LogP contribution in [0.15, 0.2) is 0 Å². The summed E-state index contributed by atoms with van der Waals surface area (Å²) in [6.07, 6.45) is 8.46. The van der Waals surface area contributed by atoms with Gasteiger partial charge >= 0.3 is 5.97 Å². The average molecular weight is 310 g/mol. The van der Waals surface area contributed by atoms with Gasteiger partial charge in [-0.3, -0.25) is 4.79 Å². The number of hydrogen-bond acceptors (Lipinski definition) is 3. The minimum Gasteiger partial charge on any atom is -0.462 e. The molecule has 0 aromatic carbocycles. The Morgan fingerprint density at radius 3 is 2.45 bits per heavy atom. The molecule has 0 aromatic rings. The lowest BCUT2D eigenvalue weighted by Crippen LogP contribution is -2.40. The minimum atomic E-state index is -0.402. The molecule has 0 heterocycles. The van der Waals surface area contributed by atoms with Crippen LogP contribution in [-0.2, 0) is 14.3 Å². The van der Waals surface area contributed by atoms with E-state index in [1.54, 1.807) is 0 Å². The van der Waals surface area contributed by atoms with E-state index in [1.807, 2.05) is 13.8 Å². The molecule has 2 aliphatic carbocycles. The Labute approximate surface area is 136 Å². The third kappa shape index (κ3) is 4.97. The summed E-state index contributed by atoms with van der Waals surface area (Å²) >= 11 is 0. The van der Waals surface area contributed by atoms with Crippen molar-refractivity contribution in [3.8, 4) is 0 Å². The van der Waals surface area contributed by atoms with Gasteiger partial charge in [-0.25, -0.2) is 0 Å². The van der Waals surface area contributed by atoms with E-state index < -0.39 is 5.60 Å². The van der Waals surface area contributed by atoms with Crippen LogP contribution in [0.4, 0.5) is 0 Å². The Morgan fingerprint density at radius 2 is 1.91 bits per heavy atom. The van der Waals surface area contributed by atoms with Gasteiger partial charge in [-0.05, 0) is 64.2 Å².